The molecule has 2 saturated heterocycles. The van der Waals surface area contributed by atoms with Crippen LogP contribution in [0.2, 0.25) is 0 Å². The fourth-order valence-electron chi connectivity index (χ4n) is 3.74. The predicted molar refractivity (Wildman–Crippen MR) is 108 cm³/mol. The van der Waals surface area contributed by atoms with Crippen LogP contribution in [0.4, 0.5) is 4.39 Å². The van der Waals surface area contributed by atoms with Crippen molar-refractivity contribution >= 4 is 23.3 Å². The van der Waals surface area contributed by atoms with E-state index < -0.39 is 11.9 Å². The molecule has 2 unspecified atom stereocenters. The fourth-order valence-corrected chi connectivity index (χ4v) is 4.50. The molecule has 8 nitrogen and oxygen atoms in total. The van der Waals surface area contributed by atoms with Crippen molar-refractivity contribution in [1.29, 1.82) is 0 Å². The molecule has 2 aromatic rings. The van der Waals surface area contributed by atoms with Crippen LogP contribution in [0.5, 0.6) is 5.19 Å². The molecule has 3 heterocycles. The highest BCUT2D eigenvalue weighted by atomic mass is 32.1. The molecule has 0 radical (unpaired) electrons. The number of benzene rings is 1. The molecule has 2 aliphatic heterocycles. The third kappa shape index (κ3) is 5.83. The van der Waals surface area contributed by atoms with Gasteiger partial charge in [0, 0.05) is 29.8 Å². The van der Waals surface area contributed by atoms with Crippen molar-refractivity contribution in [3.05, 3.63) is 42.2 Å². The van der Waals surface area contributed by atoms with Gasteiger partial charge in [-0.2, -0.15) is 0 Å². The highest BCUT2D eigenvalue weighted by Gasteiger charge is 2.39. The molecule has 2 aliphatic rings. The maximum Gasteiger partial charge on any atom is 0.328 e. The number of carboxylic acid groups (broad SMARTS) is 2. The Bertz CT molecular complexity index is 905. The van der Waals surface area contributed by atoms with E-state index in [1.54, 1.807) is 6.07 Å². The minimum atomic E-state index is -1.26. The first-order chi connectivity index (χ1) is 14.3. The lowest BCUT2D eigenvalue weighted by Gasteiger charge is -2.35. The van der Waals surface area contributed by atoms with Crippen molar-refractivity contribution in [2.45, 2.75) is 43.9 Å². The summed E-state index contributed by atoms with van der Waals surface area (Å²) in [5.41, 5.74) is 0.746. The lowest BCUT2D eigenvalue weighted by molar-refractivity contribution is -0.134. The number of hydrogen-bond acceptors (Lipinski definition) is 7. The van der Waals surface area contributed by atoms with Crippen LogP contribution in [0.1, 0.15) is 25.7 Å². The number of ether oxygens (including phenoxy) is 1. The summed E-state index contributed by atoms with van der Waals surface area (Å²) >= 11 is 1.39. The van der Waals surface area contributed by atoms with E-state index in [1.807, 2.05) is 6.07 Å². The van der Waals surface area contributed by atoms with Crippen molar-refractivity contribution in [3.8, 4) is 15.8 Å². The van der Waals surface area contributed by atoms with E-state index in [0.29, 0.717) is 34.4 Å². The van der Waals surface area contributed by atoms with Gasteiger partial charge in [-0.3, -0.25) is 0 Å². The molecule has 0 spiro atoms. The average molecular weight is 435 g/mol. The van der Waals surface area contributed by atoms with Gasteiger partial charge in [-0.25, -0.2) is 14.0 Å². The maximum atomic E-state index is 13.3. The lowest BCUT2D eigenvalue weighted by atomic mass is 10.0. The molecular weight excluding hydrogens is 413 g/mol. The van der Waals surface area contributed by atoms with E-state index in [1.165, 1.54) is 36.3 Å². The summed E-state index contributed by atoms with van der Waals surface area (Å²) in [6.45, 7) is 0. The summed E-state index contributed by atoms with van der Waals surface area (Å²) in [6.07, 6.45) is 5.99. The summed E-state index contributed by atoms with van der Waals surface area (Å²) in [7, 11) is 2.21. The molecule has 1 aromatic heterocycles. The van der Waals surface area contributed by atoms with Gasteiger partial charge >= 0.3 is 11.9 Å². The van der Waals surface area contributed by atoms with Gasteiger partial charge in [-0.15, -0.1) is 5.10 Å². The van der Waals surface area contributed by atoms with Gasteiger partial charge in [0.15, 0.2) is 5.01 Å². The highest BCUT2D eigenvalue weighted by molar-refractivity contribution is 7.16. The van der Waals surface area contributed by atoms with Gasteiger partial charge < -0.3 is 19.8 Å². The van der Waals surface area contributed by atoms with E-state index in [2.05, 4.69) is 22.1 Å². The van der Waals surface area contributed by atoms with Crippen LogP contribution < -0.4 is 4.74 Å². The number of halogens is 1. The van der Waals surface area contributed by atoms with Gasteiger partial charge in [0.1, 0.15) is 11.9 Å². The standard InChI is InChI=1S/C16H18FN3OS.C4H4O4/c1-20-12-5-6-13(20)9-14(8-12)21-16-19-18-15(22-16)10-3-2-4-11(17)7-10;5-3(6)1-2-4(7)8/h2-4,7,12-14H,5-6,8-9H2,1H3;1-2H,(H,5,6)(H,7,8)/b;2-1+. The molecule has 10 heteroatoms. The van der Waals surface area contributed by atoms with Gasteiger partial charge in [-0.05, 0) is 44.9 Å². The van der Waals surface area contributed by atoms with Crippen molar-refractivity contribution in [1.82, 2.24) is 15.1 Å². The second-order valence-electron chi connectivity index (χ2n) is 7.16. The Morgan fingerprint density at radius 2 is 1.80 bits per heavy atom. The number of aromatic nitrogens is 2. The van der Waals surface area contributed by atoms with Crippen molar-refractivity contribution in [2.24, 2.45) is 0 Å². The number of nitrogens with zero attached hydrogens (tertiary/aromatic N) is 3. The van der Waals surface area contributed by atoms with Crippen molar-refractivity contribution in [2.75, 3.05) is 7.05 Å². The summed E-state index contributed by atoms with van der Waals surface area (Å²) in [5.74, 6) is -2.78. The number of piperidine rings is 1. The molecule has 0 aliphatic carbocycles. The topological polar surface area (TPSA) is 113 Å². The molecule has 2 bridgehead atoms. The normalized spacial score (nSPS) is 23.1. The predicted octanol–water partition coefficient (Wildman–Crippen LogP) is 3.06. The molecule has 2 N–H and O–H groups in total. The highest BCUT2D eigenvalue weighted by Crippen LogP contribution is 2.37. The first kappa shape index (κ1) is 21.8. The van der Waals surface area contributed by atoms with E-state index in [-0.39, 0.29) is 11.9 Å². The van der Waals surface area contributed by atoms with Crippen molar-refractivity contribution in [3.63, 3.8) is 0 Å². The van der Waals surface area contributed by atoms with E-state index in [0.717, 1.165) is 18.4 Å². The van der Waals surface area contributed by atoms with Crippen LogP contribution in [-0.2, 0) is 9.59 Å². The summed E-state index contributed by atoms with van der Waals surface area (Å²) < 4.78 is 19.3. The summed E-state index contributed by atoms with van der Waals surface area (Å²) in [5, 5.41) is 25.2. The van der Waals surface area contributed by atoms with E-state index in [4.69, 9.17) is 14.9 Å². The molecule has 0 saturated carbocycles. The van der Waals surface area contributed by atoms with Crippen LogP contribution in [0.3, 0.4) is 0 Å². The minimum absolute atomic E-state index is 0.224. The Morgan fingerprint density at radius 3 is 2.37 bits per heavy atom. The number of carboxylic acids is 2. The van der Waals surface area contributed by atoms with Crippen LogP contribution in [-0.4, -0.2) is 62.5 Å². The molecule has 1 aromatic carbocycles. The molecule has 0 amide bonds. The zero-order chi connectivity index (χ0) is 21.7. The number of carbonyl (C=O) groups is 2. The zero-order valence-corrected chi connectivity index (χ0v) is 17.1. The second kappa shape index (κ2) is 9.77. The van der Waals surface area contributed by atoms with Crippen LogP contribution >= 0.6 is 11.3 Å². The number of fused-ring (bicyclic) bond motifs is 2. The van der Waals surface area contributed by atoms with Crippen molar-refractivity contribution < 1.29 is 28.9 Å². The molecule has 30 heavy (non-hydrogen) atoms. The maximum absolute atomic E-state index is 13.3. The third-order valence-corrected chi connectivity index (χ3v) is 6.03. The van der Waals surface area contributed by atoms with Crippen LogP contribution in [0.15, 0.2) is 36.4 Å². The molecular formula is C20H22FN3O5S. The lowest BCUT2D eigenvalue weighted by Crippen LogP contribution is -2.43. The quantitative estimate of drug-likeness (QED) is 0.689. The Kier molecular flexibility index (Phi) is 7.11. The van der Waals surface area contributed by atoms with Gasteiger partial charge in [0.05, 0.1) is 0 Å². The second-order valence-corrected chi connectivity index (χ2v) is 8.10. The number of rotatable bonds is 5. The van der Waals surface area contributed by atoms with E-state index >= 15 is 0 Å². The van der Waals surface area contributed by atoms with Gasteiger partial charge in [0.25, 0.3) is 5.19 Å². The molecule has 160 valence electrons. The zero-order valence-electron chi connectivity index (χ0n) is 16.3. The SMILES string of the molecule is CN1C2CCC1CC(Oc1nnc(-c3cccc(F)c3)s1)C2.O=C(O)/C=C/C(=O)O. The third-order valence-electron chi connectivity index (χ3n) is 5.17. The van der Waals surface area contributed by atoms with Crippen LogP contribution in [0.25, 0.3) is 10.6 Å². The smallest absolute Gasteiger partial charge is 0.328 e. The molecule has 2 atom stereocenters. The Hall–Kier alpha value is -2.85. The van der Waals surface area contributed by atoms with Gasteiger partial charge in [-0.1, -0.05) is 28.6 Å². The molecule has 2 fully saturated rings. The van der Waals surface area contributed by atoms with Gasteiger partial charge in [0.2, 0.25) is 0 Å². The van der Waals surface area contributed by atoms with E-state index in [9.17, 15) is 14.0 Å². The fraction of sp³-hybridized carbons (Fsp3) is 0.400. The summed E-state index contributed by atoms with van der Waals surface area (Å²) in [6, 6.07) is 7.69. The first-order valence-corrected chi connectivity index (χ1v) is 10.3. The largest absolute Gasteiger partial charge is 0.478 e. The van der Waals surface area contributed by atoms with Crippen LogP contribution in [0, 0.1) is 5.82 Å². The molecule has 4 rings (SSSR count). The Labute approximate surface area is 176 Å². The minimum Gasteiger partial charge on any atom is -0.478 e. The number of aliphatic carboxylic acids is 2. The Balaban J connectivity index is 0.000000275. The Morgan fingerprint density at radius 1 is 1.17 bits per heavy atom. The first-order valence-electron chi connectivity index (χ1n) is 9.43. The summed E-state index contributed by atoms with van der Waals surface area (Å²) in [4.78, 5) is 21.6. The number of hydrogen-bond donors (Lipinski definition) is 2. The average Bonchev–Trinajstić information content (AvgIpc) is 3.22. The monoisotopic (exact) mass is 435 g/mol.